The van der Waals surface area contributed by atoms with Gasteiger partial charge in [0.2, 0.25) is 11.7 Å². The summed E-state index contributed by atoms with van der Waals surface area (Å²) >= 11 is 0. The van der Waals surface area contributed by atoms with Gasteiger partial charge in [-0.2, -0.15) is 4.98 Å². The van der Waals surface area contributed by atoms with E-state index >= 15 is 0 Å². The lowest BCUT2D eigenvalue weighted by atomic mass is 10.0. The van der Waals surface area contributed by atoms with Gasteiger partial charge in [-0.15, -0.1) is 0 Å². The summed E-state index contributed by atoms with van der Waals surface area (Å²) in [7, 11) is 0. The van der Waals surface area contributed by atoms with E-state index < -0.39 is 0 Å². The average molecular weight is 377 g/mol. The van der Waals surface area contributed by atoms with E-state index in [1.54, 1.807) is 0 Å². The number of likely N-dealkylation sites (tertiary alicyclic amines) is 1. The third kappa shape index (κ3) is 3.36. The molecule has 3 heterocycles. The van der Waals surface area contributed by atoms with Gasteiger partial charge in [0.15, 0.2) is 11.5 Å². The summed E-state index contributed by atoms with van der Waals surface area (Å²) in [5.41, 5.74) is 3.44. The molecule has 0 radical (unpaired) electrons. The smallest absolute Gasteiger partial charge is 0.241 e. The minimum Gasteiger partial charge on any atom is -0.486 e. The monoisotopic (exact) mass is 377 g/mol. The molecule has 2 aromatic carbocycles. The van der Waals surface area contributed by atoms with E-state index in [1.807, 2.05) is 18.2 Å². The van der Waals surface area contributed by atoms with Crippen molar-refractivity contribution >= 4 is 0 Å². The molecular formula is C22H23N3O3. The van der Waals surface area contributed by atoms with Gasteiger partial charge < -0.3 is 14.0 Å². The number of benzene rings is 2. The number of ether oxygens (including phenoxy) is 2. The van der Waals surface area contributed by atoms with Gasteiger partial charge in [-0.3, -0.25) is 4.90 Å². The van der Waals surface area contributed by atoms with E-state index in [2.05, 4.69) is 46.2 Å². The zero-order valence-electron chi connectivity index (χ0n) is 15.9. The molecule has 28 heavy (non-hydrogen) atoms. The molecule has 1 fully saturated rings. The molecule has 0 unspecified atom stereocenters. The second-order valence-electron chi connectivity index (χ2n) is 7.41. The molecule has 3 aromatic rings. The molecule has 6 heteroatoms. The fourth-order valence-corrected chi connectivity index (χ4v) is 3.97. The molecule has 1 atom stereocenters. The third-order valence-corrected chi connectivity index (χ3v) is 5.43. The summed E-state index contributed by atoms with van der Waals surface area (Å²) in [6, 6.07) is 14.8. The number of rotatable bonds is 4. The Morgan fingerprint density at radius 3 is 2.71 bits per heavy atom. The van der Waals surface area contributed by atoms with Crippen LogP contribution >= 0.6 is 0 Å². The van der Waals surface area contributed by atoms with Gasteiger partial charge in [-0.1, -0.05) is 41.1 Å². The topological polar surface area (TPSA) is 60.6 Å². The fourth-order valence-electron chi connectivity index (χ4n) is 3.97. The van der Waals surface area contributed by atoms with Crippen LogP contribution in [0.4, 0.5) is 0 Å². The molecule has 144 valence electrons. The van der Waals surface area contributed by atoms with Crippen molar-refractivity contribution in [1.82, 2.24) is 15.0 Å². The van der Waals surface area contributed by atoms with Crippen LogP contribution in [0, 0.1) is 6.92 Å². The quantitative estimate of drug-likeness (QED) is 0.681. The lowest BCUT2D eigenvalue weighted by Crippen LogP contribution is -2.23. The zero-order valence-corrected chi connectivity index (χ0v) is 15.9. The molecule has 0 aliphatic carbocycles. The molecule has 6 nitrogen and oxygen atoms in total. The Bertz CT molecular complexity index is 967. The van der Waals surface area contributed by atoms with Gasteiger partial charge in [0.1, 0.15) is 13.2 Å². The lowest BCUT2D eigenvalue weighted by molar-refractivity contribution is 0.170. The van der Waals surface area contributed by atoms with Gasteiger partial charge in [-0.05, 0) is 44.0 Å². The Hall–Kier alpha value is -2.86. The Kier molecular flexibility index (Phi) is 4.49. The van der Waals surface area contributed by atoms with E-state index in [4.69, 9.17) is 14.0 Å². The van der Waals surface area contributed by atoms with Crippen molar-refractivity contribution in [3.8, 4) is 22.9 Å². The second kappa shape index (κ2) is 7.28. The summed E-state index contributed by atoms with van der Waals surface area (Å²) in [4.78, 5) is 7.01. The maximum Gasteiger partial charge on any atom is 0.241 e. The van der Waals surface area contributed by atoms with Crippen LogP contribution in [0.2, 0.25) is 0 Å². The van der Waals surface area contributed by atoms with Crippen molar-refractivity contribution in [2.75, 3.05) is 19.8 Å². The molecule has 0 amide bonds. The fraction of sp³-hybridized carbons (Fsp3) is 0.364. The first kappa shape index (κ1) is 17.3. The van der Waals surface area contributed by atoms with E-state index in [-0.39, 0.29) is 0 Å². The van der Waals surface area contributed by atoms with Crippen LogP contribution < -0.4 is 9.47 Å². The molecule has 0 spiro atoms. The molecule has 0 saturated carbocycles. The van der Waals surface area contributed by atoms with Crippen molar-refractivity contribution in [3.05, 3.63) is 59.5 Å². The van der Waals surface area contributed by atoms with E-state index in [1.165, 1.54) is 11.1 Å². The Balaban J connectivity index is 1.33. The number of nitrogens with zero attached hydrogens (tertiary/aromatic N) is 3. The summed E-state index contributed by atoms with van der Waals surface area (Å²) < 4.78 is 16.9. The summed E-state index contributed by atoms with van der Waals surface area (Å²) in [6.07, 6.45) is 2.26. The molecular weight excluding hydrogens is 354 g/mol. The van der Waals surface area contributed by atoms with Crippen LogP contribution in [0.5, 0.6) is 11.5 Å². The predicted molar refractivity (Wildman–Crippen MR) is 104 cm³/mol. The second-order valence-corrected chi connectivity index (χ2v) is 7.41. The number of hydrogen-bond acceptors (Lipinski definition) is 6. The molecule has 0 bridgehead atoms. The van der Waals surface area contributed by atoms with Gasteiger partial charge in [0.05, 0.1) is 6.54 Å². The Morgan fingerprint density at radius 1 is 1.04 bits per heavy atom. The van der Waals surface area contributed by atoms with Crippen LogP contribution in [0.15, 0.2) is 47.0 Å². The summed E-state index contributed by atoms with van der Waals surface area (Å²) in [5, 5.41) is 4.16. The van der Waals surface area contributed by atoms with Gasteiger partial charge >= 0.3 is 0 Å². The molecule has 0 N–H and O–H groups in total. The minimum absolute atomic E-state index is 0.325. The van der Waals surface area contributed by atoms with Crippen molar-refractivity contribution in [2.24, 2.45) is 0 Å². The number of aryl methyl sites for hydroxylation is 1. The standard InChI is InChI=1S/C22H23N3O3/c1-15-4-6-16(7-5-15)22-23-21(28-24-22)14-25-10-2-3-18(25)17-8-9-19-20(13-17)27-12-11-26-19/h4-9,13,18H,2-3,10-12,14H2,1H3/t18-/m1/s1. The largest absolute Gasteiger partial charge is 0.486 e. The highest BCUT2D eigenvalue weighted by Gasteiger charge is 2.29. The van der Waals surface area contributed by atoms with Crippen LogP contribution in [-0.2, 0) is 6.54 Å². The minimum atomic E-state index is 0.325. The molecule has 1 aromatic heterocycles. The average Bonchev–Trinajstić information content (AvgIpc) is 3.38. The first-order chi connectivity index (χ1) is 13.8. The predicted octanol–water partition coefficient (Wildman–Crippen LogP) is 4.15. The van der Waals surface area contributed by atoms with Crippen LogP contribution in [0.25, 0.3) is 11.4 Å². The van der Waals surface area contributed by atoms with Crippen molar-refractivity contribution in [2.45, 2.75) is 32.4 Å². The van der Waals surface area contributed by atoms with Gasteiger partial charge in [-0.25, -0.2) is 0 Å². The van der Waals surface area contributed by atoms with Crippen LogP contribution in [-0.4, -0.2) is 34.8 Å². The highest BCUT2D eigenvalue weighted by Crippen LogP contribution is 2.38. The van der Waals surface area contributed by atoms with E-state index in [0.717, 1.165) is 36.4 Å². The first-order valence-electron chi connectivity index (χ1n) is 9.79. The maximum absolute atomic E-state index is 5.75. The highest BCUT2D eigenvalue weighted by atomic mass is 16.6. The SMILES string of the molecule is Cc1ccc(-c2noc(CN3CCC[C@@H]3c3ccc4c(c3)OCCO4)n2)cc1. The zero-order chi connectivity index (χ0) is 18.9. The first-order valence-corrected chi connectivity index (χ1v) is 9.79. The Labute approximate surface area is 164 Å². The van der Waals surface area contributed by atoms with Gasteiger partial charge in [0.25, 0.3) is 0 Å². The van der Waals surface area contributed by atoms with Gasteiger partial charge in [0, 0.05) is 11.6 Å². The highest BCUT2D eigenvalue weighted by molar-refractivity contribution is 5.54. The molecule has 1 saturated heterocycles. The summed E-state index contributed by atoms with van der Waals surface area (Å²) in [6.45, 7) is 4.95. The number of hydrogen-bond donors (Lipinski definition) is 0. The number of aromatic nitrogens is 2. The maximum atomic E-state index is 5.75. The Morgan fingerprint density at radius 2 is 1.86 bits per heavy atom. The van der Waals surface area contributed by atoms with E-state index in [9.17, 15) is 0 Å². The van der Waals surface area contributed by atoms with Crippen molar-refractivity contribution in [3.63, 3.8) is 0 Å². The van der Waals surface area contributed by atoms with Crippen LogP contribution in [0.3, 0.4) is 0 Å². The molecule has 2 aliphatic heterocycles. The normalized spacial score (nSPS) is 19.1. The van der Waals surface area contributed by atoms with Crippen molar-refractivity contribution in [1.29, 1.82) is 0 Å². The van der Waals surface area contributed by atoms with E-state index in [0.29, 0.717) is 37.5 Å². The molecule has 5 rings (SSSR count). The lowest BCUT2D eigenvalue weighted by Gasteiger charge is -2.25. The molecule has 2 aliphatic rings. The van der Waals surface area contributed by atoms with Crippen LogP contribution in [0.1, 0.15) is 35.9 Å². The third-order valence-electron chi connectivity index (χ3n) is 5.43. The number of fused-ring (bicyclic) bond motifs is 1. The van der Waals surface area contributed by atoms with Crippen molar-refractivity contribution < 1.29 is 14.0 Å². The summed E-state index contributed by atoms with van der Waals surface area (Å²) in [5.74, 6) is 2.97.